The third-order valence-electron chi connectivity index (χ3n) is 8.25. The summed E-state index contributed by atoms with van der Waals surface area (Å²) in [5.41, 5.74) is 3.09. The van der Waals surface area contributed by atoms with E-state index < -0.39 is 17.2 Å². The number of piperazine rings is 1. The van der Waals surface area contributed by atoms with Crippen LogP contribution in [0.5, 0.6) is 5.75 Å². The molecule has 1 saturated heterocycles. The van der Waals surface area contributed by atoms with E-state index in [9.17, 15) is 24.6 Å². The van der Waals surface area contributed by atoms with Crippen LogP contribution >= 0.6 is 0 Å². The van der Waals surface area contributed by atoms with Crippen LogP contribution in [-0.4, -0.2) is 57.6 Å². The van der Waals surface area contributed by atoms with E-state index in [0.29, 0.717) is 55.1 Å². The number of nitrogens with zero attached hydrogens (tertiary/aromatic N) is 3. The highest BCUT2D eigenvalue weighted by molar-refractivity contribution is 6.07. The number of aromatic nitrogens is 1. The van der Waals surface area contributed by atoms with Gasteiger partial charge in [0.15, 0.2) is 5.78 Å². The molecule has 3 aromatic carbocycles. The molecule has 2 N–H and O–H groups in total. The number of carboxylic acids is 1. The van der Waals surface area contributed by atoms with Gasteiger partial charge in [-0.25, -0.2) is 9.18 Å². The molecule has 9 heteroatoms. The fourth-order valence-electron chi connectivity index (χ4n) is 5.61. The number of phenolic OH excluding ortho intramolecular Hbond substituents is 1. The summed E-state index contributed by atoms with van der Waals surface area (Å²) >= 11 is 0. The van der Waals surface area contributed by atoms with Crippen molar-refractivity contribution in [1.82, 2.24) is 9.47 Å². The molecule has 0 bridgehead atoms. The molecule has 0 unspecified atom stereocenters. The minimum Gasteiger partial charge on any atom is -0.508 e. The zero-order chi connectivity index (χ0) is 30.2. The SMILES string of the molecule is Cc1ccc(/C=C/C(=O)c2ccc(O)c(CN3CCN(c4cc5c(cc4F)c(=O)c(C(=O)O)cn5C4CC4)CC3)c2)cc1. The van der Waals surface area contributed by atoms with E-state index in [2.05, 4.69) is 4.90 Å². The summed E-state index contributed by atoms with van der Waals surface area (Å²) < 4.78 is 17.1. The fraction of sp³-hybridized carbons (Fsp3) is 0.265. The molecule has 1 aromatic heterocycles. The van der Waals surface area contributed by atoms with Gasteiger partial charge in [-0.2, -0.15) is 0 Å². The first kappa shape index (κ1) is 28.4. The number of hydrogen-bond donors (Lipinski definition) is 2. The van der Waals surface area contributed by atoms with E-state index in [1.54, 1.807) is 28.8 Å². The van der Waals surface area contributed by atoms with Gasteiger partial charge in [0.05, 0.1) is 11.2 Å². The number of pyridine rings is 1. The Balaban J connectivity index is 1.16. The van der Waals surface area contributed by atoms with Crippen LogP contribution < -0.4 is 10.3 Å². The molecule has 0 radical (unpaired) electrons. The van der Waals surface area contributed by atoms with Gasteiger partial charge in [-0.1, -0.05) is 35.9 Å². The molecule has 2 aliphatic rings. The lowest BCUT2D eigenvalue weighted by Crippen LogP contribution is -2.46. The number of benzene rings is 3. The van der Waals surface area contributed by atoms with Gasteiger partial charge in [0, 0.05) is 61.5 Å². The third kappa shape index (κ3) is 5.94. The standard InChI is InChI=1S/C34H32FN3O5/c1-21-2-4-22(5-3-21)6-10-31(39)23-7-11-32(40)24(16-23)19-36-12-14-37(15-13-36)30-18-29-26(17-28(30)35)33(41)27(34(42)43)20-38(29)25-8-9-25/h2-7,10-11,16-18,20,25,40H,8-9,12-15,19H2,1H3,(H,42,43)/b10-6+. The number of carbonyl (C=O) groups is 2. The molecule has 2 heterocycles. The van der Waals surface area contributed by atoms with Crippen molar-refractivity contribution in [3.05, 3.63) is 111 Å². The second-order valence-corrected chi connectivity index (χ2v) is 11.4. The first-order valence-corrected chi connectivity index (χ1v) is 14.4. The Labute approximate surface area is 247 Å². The zero-order valence-electron chi connectivity index (χ0n) is 23.8. The number of halogens is 1. The number of aromatic carboxylic acids is 1. The van der Waals surface area contributed by atoms with Crippen LogP contribution in [0.4, 0.5) is 10.1 Å². The van der Waals surface area contributed by atoms with Gasteiger partial charge in [-0.05, 0) is 61.7 Å². The number of carboxylic acid groups (broad SMARTS) is 1. The van der Waals surface area contributed by atoms with E-state index >= 15 is 4.39 Å². The second kappa shape index (κ2) is 11.5. The van der Waals surface area contributed by atoms with Crippen LogP contribution in [-0.2, 0) is 6.54 Å². The number of allylic oxidation sites excluding steroid dienone is 1. The number of anilines is 1. The highest BCUT2D eigenvalue weighted by Crippen LogP contribution is 2.38. The van der Waals surface area contributed by atoms with Crippen LogP contribution in [0.1, 0.15) is 56.3 Å². The van der Waals surface area contributed by atoms with E-state index in [1.807, 2.05) is 36.1 Å². The Morgan fingerprint density at radius 2 is 1.72 bits per heavy atom. The second-order valence-electron chi connectivity index (χ2n) is 11.4. The maximum Gasteiger partial charge on any atom is 0.341 e. The average molecular weight is 582 g/mol. The van der Waals surface area contributed by atoms with E-state index in [-0.39, 0.29) is 28.5 Å². The lowest BCUT2D eigenvalue weighted by atomic mass is 10.0. The number of fused-ring (bicyclic) bond motifs is 1. The molecule has 0 atom stereocenters. The third-order valence-corrected chi connectivity index (χ3v) is 8.25. The van der Waals surface area contributed by atoms with Crippen molar-refractivity contribution in [2.24, 2.45) is 0 Å². The van der Waals surface area contributed by atoms with E-state index in [1.165, 1.54) is 24.4 Å². The number of aryl methyl sites for hydroxylation is 1. The topological polar surface area (TPSA) is 103 Å². The monoisotopic (exact) mass is 581 g/mol. The molecule has 8 nitrogen and oxygen atoms in total. The van der Waals surface area contributed by atoms with Crippen molar-refractivity contribution in [1.29, 1.82) is 0 Å². The zero-order valence-corrected chi connectivity index (χ0v) is 23.8. The number of rotatable bonds is 8. The van der Waals surface area contributed by atoms with Crippen molar-refractivity contribution < 1.29 is 24.2 Å². The normalized spacial score (nSPS) is 15.8. The van der Waals surface area contributed by atoms with Crippen molar-refractivity contribution in [2.45, 2.75) is 32.4 Å². The number of carbonyl (C=O) groups excluding carboxylic acids is 1. The molecule has 4 aromatic rings. The van der Waals surface area contributed by atoms with Crippen LogP contribution in [0.25, 0.3) is 17.0 Å². The van der Waals surface area contributed by atoms with Crippen molar-refractivity contribution >= 4 is 34.4 Å². The van der Waals surface area contributed by atoms with Gasteiger partial charge in [0.25, 0.3) is 0 Å². The molecular weight excluding hydrogens is 549 g/mol. The van der Waals surface area contributed by atoms with Gasteiger partial charge >= 0.3 is 5.97 Å². The highest BCUT2D eigenvalue weighted by atomic mass is 19.1. The Bertz CT molecular complexity index is 1820. The van der Waals surface area contributed by atoms with Gasteiger partial charge in [0.1, 0.15) is 17.1 Å². The minimum atomic E-state index is -1.32. The van der Waals surface area contributed by atoms with Crippen LogP contribution in [0, 0.1) is 12.7 Å². The van der Waals surface area contributed by atoms with Crippen molar-refractivity contribution in [2.75, 3.05) is 31.1 Å². The molecule has 0 amide bonds. The average Bonchev–Trinajstić information content (AvgIpc) is 3.84. The number of ketones is 1. The summed E-state index contributed by atoms with van der Waals surface area (Å²) in [6.07, 6.45) is 6.45. The summed E-state index contributed by atoms with van der Waals surface area (Å²) in [6, 6.07) is 15.7. The summed E-state index contributed by atoms with van der Waals surface area (Å²) in [4.78, 5) is 41.3. The van der Waals surface area contributed by atoms with Crippen LogP contribution in [0.15, 0.2) is 71.7 Å². The molecule has 0 spiro atoms. The summed E-state index contributed by atoms with van der Waals surface area (Å²) in [7, 11) is 0. The molecule has 2 fully saturated rings. The quantitative estimate of drug-likeness (QED) is 0.212. The molecular formula is C34H32FN3O5. The van der Waals surface area contributed by atoms with Crippen molar-refractivity contribution in [3.8, 4) is 5.75 Å². The summed E-state index contributed by atoms with van der Waals surface area (Å²) in [5, 5.41) is 20.1. The molecule has 1 aliphatic carbocycles. The maximum atomic E-state index is 15.3. The molecule has 220 valence electrons. The maximum absolute atomic E-state index is 15.3. The predicted octanol–water partition coefficient (Wildman–Crippen LogP) is 5.41. The Kier molecular flexibility index (Phi) is 7.58. The molecule has 1 aliphatic heterocycles. The number of hydrogen-bond acceptors (Lipinski definition) is 6. The van der Waals surface area contributed by atoms with E-state index in [4.69, 9.17) is 0 Å². The van der Waals surface area contributed by atoms with Crippen LogP contribution in [0.2, 0.25) is 0 Å². The van der Waals surface area contributed by atoms with Gasteiger partial charge < -0.3 is 19.7 Å². The lowest BCUT2D eigenvalue weighted by Gasteiger charge is -2.36. The molecule has 6 rings (SSSR count). The summed E-state index contributed by atoms with van der Waals surface area (Å²) in [5.74, 6) is -1.92. The predicted molar refractivity (Wildman–Crippen MR) is 164 cm³/mol. The smallest absolute Gasteiger partial charge is 0.341 e. The largest absolute Gasteiger partial charge is 0.508 e. The lowest BCUT2D eigenvalue weighted by molar-refractivity contribution is 0.0694. The first-order chi connectivity index (χ1) is 20.7. The fourth-order valence-corrected chi connectivity index (χ4v) is 5.61. The van der Waals surface area contributed by atoms with Gasteiger partial charge in [-0.3, -0.25) is 14.5 Å². The highest BCUT2D eigenvalue weighted by Gasteiger charge is 2.28. The first-order valence-electron chi connectivity index (χ1n) is 14.4. The van der Waals surface area contributed by atoms with Gasteiger partial charge in [-0.15, -0.1) is 0 Å². The number of aromatic hydroxyl groups is 1. The Hall–Kier alpha value is -4.76. The Morgan fingerprint density at radius 1 is 1.00 bits per heavy atom. The van der Waals surface area contributed by atoms with Gasteiger partial charge in [0.2, 0.25) is 5.43 Å². The molecule has 43 heavy (non-hydrogen) atoms. The Morgan fingerprint density at radius 3 is 2.40 bits per heavy atom. The summed E-state index contributed by atoms with van der Waals surface area (Å²) in [6.45, 7) is 4.66. The number of phenols is 1. The van der Waals surface area contributed by atoms with Crippen molar-refractivity contribution in [3.63, 3.8) is 0 Å². The van der Waals surface area contributed by atoms with E-state index in [0.717, 1.165) is 24.0 Å². The minimum absolute atomic E-state index is 0.0744. The van der Waals surface area contributed by atoms with Crippen LogP contribution in [0.3, 0.4) is 0 Å². The molecule has 1 saturated carbocycles.